The van der Waals surface area contributed by atoms with E-state index in [4.69, 9.17) is 4.74 Å². The number of aliphatic imine (C=N–C) groups is 1. The van der Waals surface area contributed by atoms with Gasteiger partial charge in [-0.05, 0) is 18.3 Å². The Kier molecular flexibility index (Phi) is 6.97. The zero-order valence-electron chi connectivity index (χ0n) is 11.5. The molecule has 1 unspecified atom stereocenters. The highest BCUT2D eigenvalue weighted by molar-refractivity contribution is 8.13. The maximum Gasteiger partial charge on any atom is 0.156 e. The lowest BCUT2D eigenvalue weighted by molar-refractivity contribution is 0.117. The fourth-order valence-corrected chi connectivity index (χ4v) is 2.66. The fraction of sp³-hybridized carbons (Fsp3) is 0.923. The minimum atomic E-state index is 0.589. The molecule has 1 saturated heterocycles. The summed E-state index contributed by atoms with van der Waals surface area (Å²) in [4.78, 5) is 4.56. The molecule has 1 atom stereocenters. The van der Waals surface area contributed by atoms with Crippen LogP contribution in [-0.4, -0.2) is 36.7 Å². The van der Waals surface area contributed by atoms with Gasteiger partial charge in [0.2, 0.25) is 0 Å². The van der Waals surface area contributed by atoms with Gasteiger partial charge < -0.3 is 10.1 Å². The van der Waals surface area contributed by atoms with Crippen LogP contribution in [0.4, 0.5) is 0 Å². The van der Waals surface area contributed by atoms with Crippen molar-refractivity contribution < 1.29 is 4.74 Å². The molecule has 1 heterocycles. The van der Waals surface area contributed by atoms with Crippen molar-refractivity contribution in [1.29, 1.82) is 0 Å². The number of amidine groups is 1. The molecule has 0 radical (unpaired) electrons. The van der Waals surface area contributed by atoms with Crippen LogP contribution >= 0.6 is 11.8 Å². The number of hydrogen-bond donors (Lipinski definition) is 1. The molecule has 17 heavy (non-hydrogen) atoms. The third-order valence-corrected chi connectivity index (χ3v) is 3.68. The summed E-state index contributed by atoms with van der Waals surface area (Å²) in [6.07, 6.45) is 1.24. The number of nitrogens with zero attached hydrogens (tertiary/aromatic N) is 1. The highest BCUT2D eigenvalue weighted by Gasteiger charge is 2.19. The van der Waals surface area contributed by atoms with E-state index in [-0.39, 0.29) is 0 Å². The van der Waals surface area contributed by atoms with Crippen LogP contribution in [0.5, 0.6) is 0 Å². The van der Waals surface area contributed by atoms with Gasteiger partial charge >= 0.3 is 0 Å². The summed E-state index contributed by atoms with van der Waals surface area (Å²) >= 11 is 1.83. The second-order valence-electron chi connectivity index (χ2n) is 5.29. The van der Waals surface area contributed by atoms with Gasteiger partial charge in [-0.3, -0.25) is 4.99 Å². The molecular formula is C13H26N2OS. The highest BCUT2D eigenvalue weighted by Crippen LogP contribution is 2.18. The zero-order chi connectivity index (χ0) is 12.7. The Balaban J connectivity index is 2.20. The minimum Gasteiger partial charge on any atom is -0.379 e. The summed E-state index contributed by atoms with van der Waals surface area (Å²) in [5.74, 6) is 2.47. The van der Waals surface area contributed by atoms with Crippen molar-refractivity contribution in [2.45, 2.75) is 40.2 Å². The van der Waals surface area contributed by atoms with Crippen molar-refractivity contribution in [3.8, 4) is 0 Å². The van der Waals surface area contributed by atoms with Crippen LogP contribution in [-0.2, 0) is 4.74 Å². The van der Waals surface area contributed by atoms with Crippen LogP contribution < -0.4 is 5.32 Å². The second-order valence-corrected chi connectivity index (χ2v) is 6.37. The lowest BCUT2D eigenvalue weighted by atomic mass is 10.0. The maximum atomic E-state index is 5.52. The molecule has 0 spiro atoms. The van der Waals surface area contributed by atoms with Crippen molar-refractivity contribution in [2.75, 3.05) is 25.5 Å². The Morgan fingerprint density at radius 2 is 2.18 bits per heavy atom. The molecule has 1 aliphatic heterocycles. The van der Waals surface area contributed by atoms with E-state index in [0.29, 0.717) is 17.9 Å². The van der Waals surface area contributed by atoms with Crippen molar-refractivity contribution in [2.24, 2.45) is 16.8 Å². The summed E-state index contributed by atoms with van der Waals surface area (Å²) in [6, 6.07) is 0.589. The molecular weight excluding hydrogens is 232 g/mol. The van der Waals surface area contributed by atoms with Gasteiger partial charge in [-0.2, -0.15) is 0 Å². The number of hydrogen-bond acceptors (Lipinski definition) is 3. The number of ether oxygens (including phenoxy) is 1. The van der Waals surface area contributed by atoms with Crippen LogP contribution in [0.25, 0.3) is 0 Å². The smallest absolute Gasteiger partial charge is 0.156 e. The van der Waals surface area contributed by atoms with Gasteiger partial charge in [0.25, 0.3) is 0 Å². The van der Waals surface area contributed by atoms with Crippen molar-refractivity contribution in [3.63, 3.8) is 0 Å². The molecule has 0 bridgehead atoms. The van der Waals surface area contributed by atoms with E-state index in [1.165, 1.54) is 12.2 Å². The second kappa shape index (κ2) is 7.98. The van der Waals surface area contributed by atoms with Crippen LogP contribution in [0.15, 0.2) is 4.99 Å². The largest absolute Gasteiger partial charge is 0.379 e. The molecule has 100 valence electrons. The summed E-state index contributed by atoms with van der Waals surface area (Å²) in [6.45, 7) is 11.2. The van der Waals surface area contributed by atoms with Gasteiger partial charge in [-0.15, -0.1) is 0 Å². The molecule has 0 amide bonds. The van der Waals surface area contributed by atoms with Crippen molar-refractivity contribution >= 4 is 16.9 Å². The van der Waals surface area contributed by atoms with E-state index in [2.05, 4.69) is 38.0 Å². The first-order valence-electron chi connectivity index (χ1n) is 6.61. The molecule has 0 aromatic heterocycles. The fourth-order valence-electron chi connectivity index (χ4n) is 1.68. The van der Waals surface area contributed by atoms with E-state index >= 15 is 0 Å². The van der Waals surface area contributed by atoms with Crippen LogP contribution in [0.2, 0.25) is 0 Å². The van der Waals surface area contributed by atoms with Gasteiger partial charge in [0.1, 0.15) is 0 Å². The number of nitrogens with one attached hydrogen (secondary N) is 1. The molecule has 3 nitrogen and oxygen atoms in total. The maximum absolute atomic E-state index is 5.52. The molecule has 1 aliphatic rings. The average molecular weight is 258 g/mol. The van der Waals surface area contributed by atoms with E-state index in [1.807, 2.05) is 11.8 Å². The topological polar surface area (TPSA) is 33.6 Å². The van der Waals surface area contributed by atoms with Crippen LogP contribution in [0.1, 0.15) is 34.1 Å². The van der Waals surface area contributed by atoms with Gasteiger partial charge in [0.15, 0.2) is 5.17 Å². The summed E-state index contributed by atoms with van der Waals surface area (Å²) in [5.41, 5.74) is 0. The first-order valence-corrected chi connectivity index (χ1v) is 7.59. The Morgan fingerprint density at radius 1 is 1.41 bits per heavy atom. The first-order chi connectivity index (χ1) is 8.09. The summed E-state index contributed by atoms with van der Waals surface area (Å²) < 4.78 is 5.52. The number of rotatable bonds is 6. The molecule has 0 aliphatic carbocycles. The predicted molar refractivity (Wildman–Crippen MR) is 76.8 cm³/mol. The van der Waals surface area contributed by atoms with Gasteiger partial charge in [0, 0.05) is 18.4 Å². The van der Waals surface area contributed by atoms with Gasteiger partial charge in [-0.25, -0.2) is 0 Å². The molecule has 0 aromatic carbocycles. The standard InChI is InChI=1S/C13H26N2OS/c1-10(2)9-16-7-6-14-13-15-12(11(3)4)5-8-17-13/h10-12H,5-9H2,1-4H3,(H,14,15). The monoisotopic (exact) mass is 258 g/mol. The number of thioether (sulfide) groups is 1. The Labute approximate surface area is 110 Å². The molecule has 1 N–H and O–H groups in total. The lowest BCUT2D eigenvalue weighted by Crippen LogP contribution is -2.41. The third kappa shape index (κ3) is 6.32. The van der Waals surface area contributed by atoms with Gasteiger partial charge in [0.05, 0.1) is 13.2 Å². The van der Waals surface area contributed by atoms with Crippen LogP contribution in [0, 0.1) is 11.8 Å². The normalized spacial score (nSPS) is 23.4. The minimum absolute atomic E-state index is 0.589. The Bertz CT molecular complexity index is 242. The van der Waals surface area contributed by atoms with E-state index in [9.17, 15) is 0 Å². The first kappa shape index (κ1) is 14.8. The van der Waals surface area contributed by atoms with E-state index in [0.717, 1.165) is 24.9 Å². The lowest BCUT2D eigenvalue weighted by Gasteiger charge is -2.28. The summed E-state index contributed by atoms with van der Waals surface area (Å²) in [7, 11) is 0. The summed E-state index contributed by atoms with van der Waals surface area (Å²) in [5, 5.41) is 4.61. The molecule has 1 fully saturated rings. The van der Waals surface area contributed by atoms with Crippen molar-refractivity contribution in [1.82, 2.24) is 5.32 Å². The SMILES string of the molecule is CC(C)COCCN=C1NC(C(C)C)CCS1. The highest BCUT2D eigenvalue weighted by atomic mass is 32.2. The van der Waals surface area contributed by atoms with Gasteiger partial charge in [-0.1, -0.05) is 39.5 Å². The molecule has 1 rings (SSSR count). The van der Waals surface area contributed by atoms with Crippen LogP contribution in [0.3, 0.4) is 0 Å². The molecule has 0 aromatic rings. The third-order valence-electron chi connectivity index (χ3n) is 2.72. The average Bonchev–Trinajstić information content (AvgIpc) is 2.28. The molecule has 4 heteroatoms. The Hall–Kier alpha value is -0.220. The quantitative estimate of drug-likeness (QED) is 0.744. The van der Waals surface area contributed by atoms with E-state index in [1.54, 1.807) is 0 Å². The van der Waals surface area contributed by atoms with E-state index < -0.39 is 0 Å². The predicted octanol–water partition coefficient (Wildman–Crippen LogP) is 2.77. The molecule has 0 saturated carbocycles. The van der Waals surface area contributed by atoms with Crippen molar-refractivity contribution in [3.05, 3.63) is 0 Å². The Morgan fingerprint density at radius 3 is 2.82 bits per heavy atom. The zero-order valence-corrected chi connectivity index (χ0v) is 12.3.